The van der Waals surface area contributed by atoms with Crippen LogP contribution in [0.1, 0.15) is 40.5 Å². The molecule has 0 aliphatic carbocycles. The van der Waals surface area contributed by atoms with Crippen molar-refractivity contribution >= 4 is 5.97 Å². The van der Waals surface area contributed by atoms with E-state index in [1.165, 1.54) is 0 Å². The lowest BCUT2D eigenvalue weighted by atomic mass is 9.81. The highest BCUT2D eigenvalue weighted by atomic mass is 16.5. The second kappa shape index (κ2) is 6.44. The van der Waals surface area contributed by atoms with E-state index in [9.17, 15) is 4.79 Å². The molecule has 0 aliphatic rings. The average molecular weight is 210 g/mol. The van der Waals surface area contributed by atoms with Gasteiger partial charge >= 0.3 is 5.97 Å². The minimum atomic E-state index is -0.281. The van der Waals surface area contributed by atoms with Crippen LogP contribution in [0, 0.1) is 5.41 Å². The summed E-state index contributed by atoms with van der Waals surface area (Å²) in [5, 5.41) is 0. The third-order valence-corrected chi connectivity index (χ3v) is 2.62. The zero-order chi connectivity index (χ0) is 11.9. The Morgan fingerprint density at radius 3 is 2.53 bits per heavy atom. The predicted octanol–water partition coefficient (Wildman–Crippen LogP) is 3.49. The van der Waals surface area contributed by atoms with Crippen LogP contribution in [0.3, 0.4) is 0 Å². The molecule has 0 saturated carbocycles. The van der Waals surface area contributed by atoms with Gasteiger partial charge in [0.05, 0.1) is 0 Å². The van der Waals surface area contributed by atoms with E-state index in [0.717, 1.165) is 18.4 Å². The standard InChI is InChI=1S/C13H22O2/c1-6-8-13(4,5)11(3)10-12(14)15-9-7-2/h7,10H,2,6,8-9H2,1,3-5H3/b11-10+. The van der Waals surface area contributed by atoms with Crippen molar-refractivity contribution < 1.29 is 9.53 Å². The molecule has 0 aromatic rings. The number of carbonyl (C=O) groups is 1. The largest absolute Gasteiger partial charge is 0.458 e. The summed E-state index contributed by atoms with van der Waals surface area (Å²) in [5.41, 5.74) is 1.14. The van der Waals surface area contributed by atoms with Gasteiger partial charge in [-0.15, -0.1) is 0 Å². The first-order valence-corrected chi connectivity index (χ1v) is 5.40. The van der Waals surface area contributed by atoms with Gasteiger partial charge in [0.15, 0.2) is 0 Å². The molecule has 0 fully saturated rings. The summed E-state index contributed by atoms with van der Waals surface area (Å²) in [5.74, 6) is -0.281. The first-order valence-electron chi connectivity index (χ1n) is 5.40. The molecule has 0 bridgehead atoms. The molecule has 0 spiro atoms. The molecule has 0 heterocycles. The lowest BCUT2D eigenvalue weighted by Gasteiger charge is -2.24. The highest BCUT2D eigenvalue weighted by Gasteiger charge is 2.19. The zero-order valence-electron chi connectivity index (χ0n) is 10.3. The number of hydrogen-bond acceptors (Lipinski definition) is 2. The maximum atomic E-state index is 11.3. The Morgan fingerprint density at radius 2 is 2.07 bits per heavy atom. The number of allylic oxidation sites excluding steroid dienone is 1. The van der Waals surface area contributed by atoms with Crippen LogP contribution in [0.15, 0.2) is 24.3 Å². The molecule has 0 amide bonds. The summed E-state index contributed by atoms with van der Waals surface area (Å²) in [6.07, 6.45) is 5.33. The Hall–Kier alpha value is -1.05. The zero-order valence-corrected chi connectivity index (χ0v) is 10.3. The van der Waals surface area contributed by atoms with Crippen LogP contribution in [0.25, 0.3) is 0 Å². The van der Waals surface area contributed by atoms with Crippen LogP contribution in [-0.2, 0) is 9.53 Å². The smallest absolute Gasteiger partial charge is 0.331 e. The normalized spacial score (nSPS) is 12.4. The van der Waals surface area contributed by atoms with Crippen molar-refractivity contribution in [2.45, 2.75) is 40.5 Å². The number of carbonyl (C=O) groups excluding carboxylic acids is 1. The van der Waals surface area contributed by atoms with Crippen molar-refractivity contribution in [2.75, 3.05) is 6.61 Å². The number of hydrogen-bond donors (Lipinski definition) is 0. The van der Waals surface area contributed by atoms with E-state index in [4.69, 9.17) is 4.74 Å². The van der Waals surface area contributed by atoms with E-state index in [2.05, 4.69) is 27.4 Å². The quantitative estimate of drug-likeness (QED) is 0.381. The van der Waals surface area contributed by atoms with Crippen molar-refractivity contribution in [3.8, 4) is 0 Å². The molecular formula is C13H22O2. The van der Waals surface area contributed by atoms with Crippen molar-refractivity contribution in [1.82, 2.24) is 0 Å². The van der Waals surface area contributed by atoms with Crippen molar-refractivity contribution in [2.24, 2.45) is 5.41 Å². The fraction of sp³-hybridized carbons (Fsp3) is 0.615. The number of esters is 1. The lowest BCUT2D eigenvalue weighted by molar-refractivity contribution is -0.136. The van der Waals surface area contributed by atoms with E-state index >= 15 is 0 Å². The fourth-order valence-electron chi connectivity index (χ4n) is 1.38. The second-order valence-electron chi connectivity index (χ2n) is 4.38. The van der Waals surface area contributed by atoms with Crippen LogP contribution in [0.5, 0.6) is 0 Å². The van der Waals surface area contributed by atoms with Gasteiger partial charge in [0, 0.05) is 6.08 Å². The molecule has 0 radical (unpaired) electrons. The average Bonchev–Trinajstić information content (AvgIpc) is 2.14. The predicted molar refractivity (Wildman–Crippen MR) is 63.6 cm³/mol. The van der Waals surface area contributed by atoms with Gasteiger partial charge in [-0.2, -0.15) is 0 Å². The van der Waals surface area contributed by atoms with Gasteiger partial charge in [-0.25, -0.2) is 4.79 Å². The Kier molecular flexibility index (Phi) is 5.99. The van der Waals surface area contributed by atoms with Gasteiger partial charge in [-0.1, -0.05) is 45.4 Å². The molecule has 0 N–H and O–H groups in total. The summed E-state index contributed by atoms with van der Waals surface area (Å²) in [6.45, 7) is 12.2. The summed E-state index contributed by atoms with van der Waals surface area (Å²) in [6, 6.07) is 0. The van der Waals surface area contributed by atoms with Gasteiger partial charge in [0.1, 0.15) is 6.61 Å². The van der Waals surface area contributed by atoms with Crippen LogP contribution in [0.4, 0.5) is 0 Å². The molecule has 0 unspecified atom stereocenters. The van der Waals surface area contributed by atoms with Gasteiger partial charge in [-0.05, 0) is 18.8 Å². The van der Waals surface area contributed by atoms with Crippen LogP contribution in [0.2, 0.25) is 0 Å². The maximum Gasteiger partial charge on any atom is 0.331 e. The molecule has 86 valence electrons. The summed E-state index contributed by atoms with van der Waals surface area (Å²) < 4.78 is 4.90. The van der Waals surface area contributed by atoms with Crippen molar-refractivity contribution in [3.05, 3.63) is 24.3 Å². The molecule has 0 aromatic heterocycles. The lowest BCUT2D eigenvalue weighted by Crippen LogP contribution is -2.14. The molecular weight excluding hydrogens is 188 g/mol. The highest BCUT2D eigenvalue weighted by molar-refractivity contribution is 5.83. The first-order chi connectivity index (χ1) is 6.94. The van der Waals surface area contributed by atoms with Gasteiger partial charge in [0.25, 0.3) is 0 Å². The first kappa shape index (κ1) is 13.9. The Bertz CT molecular complexity index is 249. The second-order valence-corrected chi connectivity index (χ2v) is 4.38. The van der Waals surface area contributed by atoms with E-state index in [-0.39, 0.29) is 18.0 Å². The molecule has 2 nitrogen and oxygen atoms in total. The summed E-state index contributed by atoms with van der Waals surface area (Å²) in [4.78, 5) is 11.3. The summed E-state index contributed by atoms with van der Waals surface area (Å²) in [7, 11) is 0. The van der Waals surface area contributed by atoms with Gasteiger partial charge in [0.2, 0.25) is 0 Å². The Balaban J connectivity index is 4.40. The topological polar surface area (TPSA) is 26.3 Å². The highest BCUT2D eigenvalue weighted by Crippen LogP contribution is 2.30. The van der Waals surface area contributed by atoms with Crippen LogP contribution < -0.4 is 0 Å². The molecule has 0 atom stereocenters. The third kappa shape index (κ3) is 5.40. The Labute approximate surface area is 93.0 Å². The minimum Gasteiger partial charge on any atom is -0.458 e. The molecule has 2 heteroatoms. The monoisotopic (exact) mass is 210 g/mol. The molecule has 0 aliphatic heterocycles. The summed E-state index contributed by atoms with van der Waals surface area (Å²) >= 11 is 0. The molecule has 0 saturated heterocycles. The molecule has 0 aromatic carbocycles. The van der Waals surface area contributed by atoms with Gasteiger partial charge < -0.3 is 4.74 Å². The molecule has 0 rings (SSSR count). The third-order valence-electron chi connectivity index (χ3n) is 2.62. The van der Waals surface area contributed by atoms with Crippen LogP contribution >= 0.6 is 0 Å². The van der Waals surface area contributed by atoms with Crippen molar-refractivity contribution in [3.63, 3.8) is 0 Å². The molecule has 15 heavy (non-hydrogen) atoms. The minimum absolute atomic E-state index is 0.0714. The van der Waals surface area contributed by atoms with Crippen molar-refractivity contribution in [1.29, 1.82) is 0 Å². The van der Waals surface area contributed by atoms with Gasteiger partial charge in [-0.3, -0.25) is 0 Å². The number of rotatable bonds is 6. The number of ether oxygens (including phenoxy) is 1. The van der Waals surface area contributed by atoms with E-state index in [1.54, 1.807) is 12.2 Å². The van der Waals surface area contributed by atoms with Crippen LogP contribution in [-0.4, -0.2) is 12.6 Å². The van der Waals surface area contributed by atoms with E-state index in [0.29, 0.717) is 0 Å². The maximum absolute atomic E-state index is 11.3. The SMILES string of the molecule is C=CCOC(=O)/C=C(\C)C(C)(C)CCC. The van der Waals surface area contributed by atoms with E-state index < -0.39 is 0 Å². The Morgan fingerprint density at radius 1 is 1.47 bits per heavy atom. The van der Waals surface area contributed by atoms with E-state index in [1.807, 2.05) is 6.92 Å². The fourth-order valence-corrected chi connectivity index (χ4v) is 1.38.